The summed E-state index contributed by atoms with van der Waals surface area (Å²) in [6.07, 6.45) is -4.12. The number of aromatic nitrogens is 1. The van der Waals surface area contributed by atoms with E-state index in [0.717, 1.165) is 17.8 Å². The van der Waals surface area contributed by atoms with Gasteiger partial charge in [0.05, 0.1) is 12.1 Å². The summed E-state index contributed by atoms with van der Waals surface area (Å²) in [6.45, 7) is 2.55. The van der Waals surface area contributed by atoms with Crippen molar-refractivity contribution in [1.29, 1.82) is 0 Å². The monoisotopic (exact) mass is 380 g/mol. The minimum Gasteiger partial charge on any atom is -0.488 e. The van der Waals surface area contributed by atoms with Crippen LogP contribution in [0.5, 0.6) is 5.75 Å². The Balaban J connectivity index is 1.65. The Morgan fingerprint density at radius 2 is 1.85 bits per heavy atom. The fourth-order valence-corrected chi connectivity index (χ4v) is 2.99. The van der Waals surface area contributed by atoms with Gasteiger partial charge in [-0.15, -0.1) is 0 Å². The van der Waals surface area contributed by atoms with Gasteiger partial charge >= 0.3 is 6.18 Å². The van der Waals surface area contributed by atoms with Crippen molar-refractivity contribution in [3.8, 4) is 5.75 Å². The number of carbonyl (C=O) groups excluding carboxylic acids is 1. The van der Waals surface area contributed by atoms with E-state index < -0.39 is 11.7 Å². The van der Waals surface area contributed by atoms with Crippen LogP contribution in [0.3, 0.4) is 0 Å². The van der Waals surface area contributed by atoms with Crippen LogP contribution in [0, 0.1) is 6.92 Å². The number of likely N-dealkylation sites (tertiary alicyclic amines) is 1. The number of amides is 1. The summed E-state index contributed by atoms with van der Waals surface area (Å²) >= 11 is 0. The molecule has 2 aromatic rings. The average Bonchev–Trinajstić information content (AvgIpc) is 3.06. The molecule has 0 aliphatic carbocycles. The summed E-state index contributed by atoms with van der Waals surface area (Å²) in [5.41, 5.74) is -0.00958. The lowest BCUT2D eigenvalue weighted by Crippen LogP contribution is -2.31. The molecule has 1 aromatic heterocycles. The molecular formula is C19H19F3N2O3. The van der Waals surface area contributed by atoms with Gasteiger partial charge in [0.15, 0.2) is 0 Å². The maximum absolute atomic E-state index is 12.6. The van der Waals surface area contributed by atoms with Crippen molar-refractivity contribution < 1.29 is 22.7 Å². The Morgan fingerprint density at radius 3 is 2.44 bits per heavy atom. The molecule has 144 valence electrons. The highest BCUT2D eigenvalue weighted by molar-refractivity contribution is 5.94. The SMILES string of the molecule is Cc1cc(OC2CCN(C(=O)c3ccc(C(F)(F)F)cc3)C2)cc(=O)n1C. The summed E-state index contributed by atoms with van der Waals surface area (Å²) in [6, 6.07) is 7.32. The topological polar surface area (TPSA) is 51.5 Å². The Bertz CT molecular complexity index is 904. The first-order valence-corrected chi connectivity index (χ1v) is 8.46. The fraction of sp³-hybridized carbons (Fsp3) is 0.368. The van der Waals surface area contributed by atoms with E-state index >= 15 is 0 Å². The Morgan fingerprint density at radius 1 is 1.19 bits per heavy atom. The summed E-state index contributed by atoms with van der Waals surface area (Å²) < 4.78 is 45.2. The van der Waals surface area contributed by atoms with Crippen LogP contribution in [0.25, 0.3) is 0 Å². The molecule has 0 spiro atoms. The summed E-state index contributed by atoms with van der Waals surface area (Å²) in [5, 5.41) is 0. The lowest BCUT2D eigenvalue weighted by Gasteiger charge is -2.18. The van der Waals surface area contributed by atoms with Crippen molar-refractivity contribution in [3.05, 3.63) is 63.6 Å². The third-order valence-corrected chi connectivity index (χ3v) is 4.67. The largest absolute Gasteiger partial charge is 0.488 e. The Hall–Kier alpha value is -2.77. The summed E-state index contributed by atoms with van der Waals surface area (Å²) in [4.78, 5) is 25.9. The highest BCUT2D eigenvalue weighted by Crippen LogP contribution is 2.29. The van der Waals surface area contributed by atoms with Crippen LogP contribution in [-0.2, 0) is 13.2 Å². The number of pyridine rings is 1. The van der Waals surface area contributed by atoms with Gasteiger partial charge in [0, 0.05) is 37.3 Å². The van der Waals surface area contributed by atoms with E-state index in [1.54, 1.807) is 24.9 Å². The molecule has 2 heterocycles. The number of hydrogen-bond acceptors (Lipinski definition) is 3. The van der Waals surface area contributed by atoms with Gasteiger partial charge in [-0.1, -0.05) is 0 Å². The van der Waals surface area contributed by atoms with Gasteiger partial charge in [-0.3, -0.25) is 9.59 Å². The smallest absolute Gasteiger partial charge is 0.416 e. The third-order valence-electron chi connectivity index (χ3n) is 4.67. The van der Waals surface area contributed by atoms with Gasteiger partial charge in [0.1, 0.15) is 11.9 Å². The second-order valence-corrected chi connectivity index (χ2v) is 6.58. The first kappa shape index (κ1) is 19.0. The Kier molecular flexibility index (Phi) is 4.99. The fourth-order valence-electron chi connectivity index (χ4n) is 2.99. The number of hydrogen-bond donors (Lipinski definition) is 0. The van der Waals surface area contributed by atoms with Crippen molar-refractivity contribution in [2.45, 2.75) is 25.6 Å². The molecule has 1 saturated heterocycles. The highest BCUT2D eigenvalue weighted by atomic mass is 19.4. The number of ether oxygens (including phenoxy) is 1. The highest BCUT2D eigenvalue weighted by Gasteiger charge is 2.32. The minimum absolute atomic E-state index is 0.180. The molecule has 1 fully saturated rings. The van der Waals surface area contributed by atoms with E-state index in [1.807, 2.05) is 0 Å². The lowest BCUT2D eigenvalue weighted by atomic mass is 10.1. The molecule has 0 bridgehead atoms. The van der Waals surface area contributed by atoms with Gasteiger partial charge in [-0.05, 0) is 37.3 Å². The molecule has 1 aliphatic heterocycles. The number of nitrogens with zero attached hydrogens (tertiary/aromatic N) is 2. The van der Waals surface area contributed by atoms with Crippen molar-refractivity contribution in [2.75, 3.05) is 13.1 Å². The third kappa shape index (κ3) is 4.15. The molecule has 5 nitrogen and oxygen atoms in total. The Labute approximate surface area is 154 Å². The van der Waals surface area contributed by atoms with E-state index in [-0.39, 0.29) is 23.1 Å². The van der Waals surface area contributed by atoms with E-state index in [0.29, 0.717) is 25.3 Å². The van der Waals surface area contributed by atoms with Crippen LogP contribution in [0.4, 0.5) is 13.2 Å². The van der Waals surface area contributed by atoms with E-state index in [1.165, 1.54) is 22.8 Å². The summed E-state index contributed by atoms with van der Waals surface area (Å²) in [7, 11) is 1.67. The molecule has 1 aliphatic rings. The molecule has 1 amide bonds. The molecular weight excluding hydrogens is 361 g/mol. The predicted molar refractivity (Wildman–Crippen MR) is 92.8 cm³/mol. The van der Waals surface area contributed by atoms with E-state index in [9.17, 15) is 22.8 Å². The van der Waals surface area contributed by atoms with Crippen LogP contribution in [0.1, 0.15) is 28.0 Å². The van der Waals surface area contributed by atoms with Crippen LogP contribution in [0.2, 0.25) is 0 Å². The predicted octanol–water partition coefficient (Wildman–Crippen LogP) is 3.01. The molecule has 1 aromatic carbocycles. The molecule has 3 rings (SSSR count). The number of benzene rings is 1. The second kappa shape index (κ2) is 7.09. The van der Waals surface area contributed by atoms with Crippen LogP contribution in [0.15, 0.2) is 41.2 Å². The molecule has 1 atom stereocenters. The van der Waals surface area contributed by atoms with Gasteiger partial charge in [-0.25, -0.2) is 0 Å². The molecule has 8 heteroatoms. The molecule has 0 saturated carbocycles. The van der Waals surface area contributed by atoms with Crippen molar-refractivity contribution >= 4 is 5.91 Å². The van der Waals surface area contributed by atoms with Gasteiger partial charge in [-0.2, -0.15) is 13.2 Å². The van der Waals surface area contributed by atoms with Gasteiger partial charge in [0.25, 0.3) is 11.5 Å². The zero-order valence-electron chi connectivity index (χ0n) is 14.9. The van der Waals surface area contributed by atoms with Crippen molar-refractivity contribution in [3.63, 3.8) is 0 Å². The zero-order chi connectivity index (χ0) is 19.8. The lowest BCUT2D eigenvalue weighted by molar-refractivity contribution is -0.137. The summed E-state index contributed by atoms with van der Waals surface area (Å²) in [5.74, 6) is 0.111. The average molecular weight is 380 g/mol. The number of aryl methyl sites for hydroxylation is 1. The van der Waals surface area contributed by atoms with Gasteiger partial charge in [0.2, 0.25) is 0 Å². The molecule has 27 heavy (non-hydrogen) atoms. The van der Waals surface area contributed by atoms with E-state index in [2.05, 4.69) is 0 Å². The number of rotatable bonds is 3. The number of halogens is 3. The number of alkyl halides is 3. The normalized spacial score (nSPS) is 17.2. The molecule has 0 N–H and O–H groups in total. The maximum Gasteiger partial charge on any atom is 0.416 e. The van der Waals surface area contributed by atoms with Crippen molar-refractivity contribution in [2.24, 2.45) is 7.05 Å². The standard InChI is InChI=1S/C19H19F3N2O3/c1-12-9-16(10-17(25)23(12)2)27-15-7-8-24(11-15)18(26)13-3-5-14(6-4-13)19(20,21)22/h3-6,9-10,15H,7-8,11H2,1-2H3. The second-order valence-electron chi connectivity index (χ2n) is 6.58. The minimum atomic E-state index is -4.43. The zero-order valence-corrected chi connectivity index (χ0v) is 14.9. The number of carbonyl (C=O) groups is 1. The maximum atomic E-state index is 12.6. The van der Waals surface area contributed by atoms with Crippen LogP contribution >= 0.6 is 0 Å². The van der Waals surface area contributed by atoms with Crippen molar-refractivity contribution in [1.82, 2.24) is 9.47 Å². The molecule has 1 unspecified atom stereocenters. The van der Waals surface area contributed by atoms with E-state index in [4.69, 9.17) is 4.74 Å². The van der Waals surface area contributed by atoms with Crippen LogP contribution < -0.4 is 10.3 Å². The first-order valence-electron chi connectivity index (χ1n) is 8.46. The quantitative estimate of drug-likeness (QED) is 0.823. The molecule has 0 radical (unpaired) electrons. The van der Waals surface area contributed by atoms with Gasteiger partial charge < -0.3 is 14.2 Å². The first-order chi connectivity index (χ1) is 12.6. The van der Waals surface area contributed by atoms with Crippen LogP contribution in [-0.4, -0.2) is 34.6 Å².